The Morgan fingerprint density at radius 1 is 0.240 bits per heavy atom. The first kappa shape index (κ1) is 70.8. The van der Waals surface area contributed by atoms with Crippen molar-refractivity contribution >= 4 is 88.2 Å². The maximum absolute atomic E-state index is 6.56. The van der Waals surface area contributed by atoms with E-state index in [1.165, 1.54) is 156 Å². The van der Waals surface area contributed by atoms with Crippen LogP contribution in [0.15, 0.2) is 414 Å². The monoisotopic (exact) mass is 1610 g/mol. The molecule has 2 spiro atoms. The minimum atomic E-state index is -0.514. The molecule has 1 N–H and O–H groups in total. The molecule has 4 nitrogen and oxygen atoms in total. The Balaban J connectivity index is 0.000000114. The van der Waals surface area contributed by atoms with E-state index in [1.807, 2.05) is 24.3 Å². The van der Waals surface area contributed by atoms with Crippen LogP contribution in [0.25, 0.3) is 133 Å². The van der Waals surface area contributed by atoms with E-state index in [0.717, 1.165) is 76.8 Å². The maximum atomic E-state index is 6.56. The predicted octanol–water partition coefficient (Wildman–Crippen LogP) is 31.5. The summed E-state index contributed by atoms with van der Waals surface area (Å²) in [7, 11) is 0. The van der Waals surface area contributed by atoms with Gasteiger partial charge in [-0.2, -0.15) is 0 Å². The summed E-state index contributed by atoms with van der Waals surface area (Å²) >= 11 is 3.77. The Labute approximate surface area is 712 Å². The van der Waals surface area contributed by atoms with Crippen molar-refractivity contribution in [2.45, 2.75) is 49.4 Å². The van der Waals surface area contributed by atoms with Gasteiger partial charge < -0.3 is 19.1 Å². The van der Waals surface area contributed by atoms with Crippen molar-refractivity contribution in [3.8, 4) is 89.0 Å². The summed E-state index contributed by atoms with van der Waals surface area (Å²) in [6.07, 6.45) is 0. The standard InChI is InChI=1S/C58H39NO.C31H19Br.C27H21NO/c1-57(2)47-21-10-6-17-40(47)43-31-28-38(34-50(43)57)59(53-24-14-26-55-56(53)46-20-9-13-25-54(46)60-55)39-29-32-45-44-30-27-37(36-15-4-3-5-16-36)33-51(44)58(52(45)35-39)48-22-11-7-18-41(48)42-19-8-12-23-49(42)58;32-22-15-17-26-25-16-14-21(20-8-2-1-3-9-20)18-29(25)31(30(26)19-22)27-12-6-4-10-23(27)24-11-5-7-13-28(24)31;1-27(2)21-10-5-3-8-18(21)19-15-14-17(16-22(19)27)28-23-11-7-13-25-26(23)20-9-4-6-12-24(20)29-25/h3-35H,1-2H3;1-19H;3-16,28H,1-2H3. The van der Waals surface area contributed by atoms with Gasteiger partial charge in [-0.05, 0) is 253 Å². The van der Waals surface area contributed by atoms with Gasteiger partial charge in [0.05, 0.1) is 33.0 Å². The molecular weight excluding hydrogens is 1530 g/mol. The van der Waals surface area contributed by atoms with Crippen LogP contribution >= 0.6 is 15.9 Å². The van der Waals surface area contributed by atoms with E-state index in [0.29, 0.717) is 0 Å². The molecule has 5 heteroatoms. The lowest BCUT2D eigenvalue weighted by Crippen LogP contribution is -2.26. The molecule has 0 atom stereocenters. The third-order valence-electron chi connectivity index (χ3n) is 27.3. The number of nitrogens with one attached hydrogen (secondary N) is 1. The van der Waals surface area contributed by atoms with Crippen molar-refractivity contribution in [1.29, 1.82) is 0 Å². The highest BCUT2D eigenvalue weighted by atomic mass is 79.9. The number of fused-ring (bicyclic) bond motifs is 32. The fraction of sp³-hybridized carbons (Fsp3) is 0.0690. The first-order chi connectivity index (χ1) is 59.4. The van der Waals surface area contributed by atoms with Gasteiger partial charge in [0.25, 0.3) is 0 Å². The molecule has 0 radical (unpaired) electrons. The first-order valence-corrected chi connectivity index (χ1v) is 42.8. The summed E-state index contributed by atoms with van der Waals surface area (Å²) in [4.78, 5) is 2.49. The highest BCUT2D eigenvalue weighted by Crippen LogP contribution is 2.67. The summed E-state index contributed by atoms with van der Waals surface area (Å²) in [6.45, 7) is 9.35. The molecule has 0 saturated carbocycles. The van der Waals surface area contributed by atoms with Gasteiger partial charge in [0.2, 0.25) is 0 Å². The summed E-state index contributed by atoms with van der Waals surface area (Å²) in [5.41, 5.74) is 45.2. The minimum absolute atomic E-state index is 0.00202. The van der Waals surface area contributed by atoms with Gasteiger partial charge >= 0.3 is 0 Å². The molecule has 572 valence electrons. The zero-order valence-corrected chi connectivity index (χ0v) is 68.8. The molecule has 0 fully saturated rings. The summed E-state index contributed by atoms with van der Waals surface area (Å²) in [5, 5.41) is 8.15. The first-order valence-electron chi connectivity index (χ1n) is 42.0. The Bertz CT molecular complexity index is 7640. The van der Waals surface area contributed by atoms with E-state index in [1.54, 1.807) is 0 Å². The Morgan fingerprint density at radius 2 is 0.579 bits per heavy atom. The zero-order chi connectivity index (χ0) is 80.6. The molecule has 26 rings (SSSR count). The highest BCUT2D eigenvalue weighted by molar-refractivity contribution is 9.10. The number of halogens is 1. The third-order valence-corrected chi connectivity index (χ3v) is 27.8. The van der Waals surface area contributed by atoms with Crippen molar-refractivity contribution in [1.82, 2.24) is 0 Å². The third kappa shape index (κ3) is 10.3. The van der Waals surface area contributed by atoms with Gasteiger partial charge in [-0.1, -0.05) is 347 Å². The molecule has 20 aromatic rings. The minimum Gasteiger partial charge on any atom is -0.456 e. The second-order valence-electron chi connectivity index (χ2n) is 34.2. The van der Waals surface area contributed by atoms with Crippen LogP contribution in [0.1, 0.15) is 94.5 Å². The van der Waals surface area contributed by atoms with Crippen molar-refractivity contribution in [2.75, 3.05) is 10.2 Å². The fourth-order valence-corrected chi connectivity index (χ4v) is 22.4. The fourth-order valence-electron chi connectivity index (χ4n) is 22.0. The number of para-hydroxylation sites is 2. The van der Waals surface area contributed by atoms with Crippen LogP contribution in [0.2, 0.25) is 0 Å². The second-order valence-corrected chi connectivity index (χ2v) is 35.1. The normalized spacial score (nSPS) is 14.3. The van der Waals surface area contributed by atoms with Gasteiger partial charge in [0.1, 0.15) is 22.3 Å². The molecule has 0 unspecified atom stereocenters. The molecule has 0 amide bonds. The number of rotatable bonds is 7. The summed E-state index contributed by atoms with van der Waals surface area (Å²) in [6, 6.07) is 147. The topological polar surface area (TPSA) is 41.6 Å². The van der Waals surface area contributed by atoms with E-state index in [2.05, 4.69) is 430 Å². The van der Waals surface area contributed by atoms with Crippen molar-refractivity contribution in [3.05, 3.63) is 472 Å². The summed E-state index contributed by atoms with van der Waals surface area (Å²) in [5.74, 6) is 0. The molecule has 121 heavy (non-hydrogen) atoms. The zero-order valence-electron chi connectivity index (χ0n) is 67.2. The Kier molecular flexibility index (Phi) is 15.7. The summed E-state index contributed by atoms with van der Waals surface area (Å²) < 4.78 is 13.7. The molecule has 0 saturated heterocycles. The molecule has 0 bridgehead atoms. The van der Waals surface area contributed by atoms with E-state index >= 15 is 0 Å². The van der Waals surface area contributed by atoms with E-state index in [-0.39, 0.29) is 16.2 Å². The quantitative estimate of drug-likeness (QED) is 0.173. The lowest BCUT2D eigenvalue weighted by atomic mass is 9.70. The van der Waals surface area contributed by atoms with Crippen molar-refractivity contribution in [2.24, 2.45) is 0 Å². The van der Waals surface area contributed by atoms with E-state index in [4.69, 9.17) is 8.83 Å². The largest absolute Gasteiger partial charge is 0.456 e. The molecule has 2 aromatic heterocycles. The van der Waals surface area contributed by atoms with Gasteiger partial charge in [0, 0.05) is 43.1 Å². The van der Waals surface area contributed by atoms with Gasteiger partial charge in [0.15, 0.2) is 0 Å². The number of benzene rings is 18. The number of furan rings is 2. The van der Waals surface area contributed by atoms with Crippen LogP contribution in [0, 0.1) is 0 Å². The predicted molar refractivity (Wildman–Crippen MR) is 505 cm³/mol. The van der Waals surface area contributed by atoms with Gasteiger partial charge in [-0.25, -0.2) is 0 Å². The van der Waals surface area contributed by atoms with Gasteiger partial charge in [-0.3, -0.25) is 0 Å². The average molecular weight is 1610 g/mol. The van der Waals surface area contributed by atoms with Crippen LogP contribution in [-0.4, -0.2) is 0 Å². The molecule has 0 aliphatic heterocycles. The van der Waals surface area contributed by atoms with E-state index < -0.39 is 5.41 Å². The average Bonchev–Trinajstić information content (AvgIpc) is 1.51. The number of hydrogen-bond acceptors (Lipinski definition) is 4. The van der Waals surface area contributed by atoms with Crippen LogP contribution in [0.4, 0.5) is 28.4 Å². The van der Waals surface area contributed by atoms with Crippen LogP contribution in [0.3, 0.4) is 0 Å². The smallest absolute Gasteiger partial charge is 0.137 e. The number of nitrogens with zero attached hydrogens (tertiary/aromatic N) is 1. The van der Waals surface area contributed by atoms with E-state index in [9.17, 15) is 0 Å². The molecule has 6 aliphatic carbocycles. The molecule has 18 aromatic carbocycles. The Hall–Kier alpha value is -14.4. The Morgan fingerprint density at radius 3 is 1.07 bits per heavy atom. The van der Waals surface area contributed by atoms with Crippen LogP contribution in [0.5, 0.6) is 0 Å². The second kappa shape index (κ2) is 26.8. The van der Waals surface area contributed by atoms with Crippen LogP contribution < -0.4 is 10.2 Å². The van der Waals surface area contributed by atoms with Crippen LogP contribution in [-0.2, 0) is 21.7 Å². The lowest BCUT2D eigenvalue weighted by Gasteiger charge is -2.33. The highest BCUT2D eigenvalue weighted by Gasteiger charge is 2.54. The number of anilines is 5. The molecule has 2 heterocycles. The van der Waals surface area contributed by atoms with Crippen molar-refractivity contribution in [3.63, 3.8) is 0 Å². The lowest BCUT2D eigenvalue weighted by molar-refractivity contribution is 0.660. The van der Waals surface area contributed by atoms with Gasteiger partial charge in [-0.15, -0.1) is 0 Å². The maximum Gasteiger partial charge on any atom is 0.137 e. The molecular formula is C116H79BrN2O2. The van der Waals surface area contributed by atoms with Crippen molar-refractivity contribution < 1.29 is 8.83 Å². The SMILES string of the molecule is Brc1ccc2c(c1)C1(c3ccccc3-c3ccccc31)c1cc(-c3ccccc3)ccc1-2.CC1(C)c2ccccc2-c2ccc(N(c3ccc4c(c3)C3(c5ccccc5-c5ccccc53)c3cc(-c5ccccc5)ccc3-4)c3cccc4oc5ccccc5c34)cc21.CC1(C)c2ccccc2-c2ccc(Nc3cccc4oc5ccccc5c34)cc21. The molecule has 6 aliphatic rings. The number of hydrogen-bond donors (Lipinski definition) is 1.